The van der Waals surface area contributed by atoms with Crippen LogP contribution in [-0.4, -0.2) is 23.9 Å². The van der Waals surface area contributed by atoms with Crippen LogP contribution in [0, 0.1) is 0 Å². The van der Waals surface area contributed by atoms with Crippen LogP contribution in [0.25, 0.3) is 0 Å². The topological polar surface area (TPSA) is 3.24 Å². The summed E-state index contributed by atoms with van der Waals surface area (Å²) < 4.78 is 0. The molecule has 1 rings (SSSR count). The average molecular weight is 313 g/mol. The molecule has 1 unspecified atom stereocenters. The number of benzene rings is 1. The lowest BCUT2D eigenvalue weighted by Gasteiger charge is -2.25. The second-order valence-electron chi connectivity index (χ2n) is 3.06. The maximum atomic E-state index is 5.74. The molecule has 0 aromatic heterocycles. The summed E-state index contributed by atoms with van der Waals surface area (Å²) in [6.07, 6.45) is 0. The zero-order valence-electron chi connectivity index (χ0n) is 8.70. The molecule has 0 spiro atoms. The van der Waals surface area contributed by atoms with Crippen molar-refractivity contribution < 1.29 is 0 Å². The molecule has 1 atom stereocenters. The summed E-state index contributed by atoms with van der Waals surface area (Å²) in [6, 6.07) is 10.4. The molecular weight excluding hydrogens is 297 g/mol. The van der Waals surface area contributed by atoms with E-state index in [1.165, 1.54) is 5.56 Å². The SMILES string of the molecule is CCN(CCCl)C(Br)c1ccccc1.Cl. The van der Waals surface area contributed by atoms with E-state index in [0.29, 0.717) is 5.88 Å². The summed E-state index contributed by atoms with van der Waals surface area (Å²) >= 11 is 9.42. The van der Waals surface area contributed by atoms with Crippen LogP contribution in [-0.2, 0) is 0 Å². The van der Waals surface area contributed by atoms with E-state index in [2.05, 4.69) is 52.0 Å². The van der Waals surface area contributed by atoms with Crippen molar-refractivity contribution in [1.82, 2.24) is 4.90 Å². The Kier molecular flexibility index (Phi) is 8.53. The summed E-state index contributed by atoms with van der Waals surface area (Å²) in [4.78, 5) is 2.56. The highest BCUT2D eigenvalue weighted by molar-refractivity contribution is 9.09. The first-order valence-electron chi connectivity index (χ1n) is 4.78. The average Bonchev–Trinajstić information content (AvgIpc) is 2.26. The fourth-order valence-electron chi connectivity index (χ4n) is 1.36. The molecule has 4 heteroatoms. The Balaban J connectivity index is 0.00000196. The fourth-order valence-corrected chi connectivity index (χ4v) is 2.38. The molecule has 0 amide bonds. The predicted octanol–water partition coefficient (Wildman–Crippen LogP) is 4.06. The largest absolute Gasteiger partial charge is 0.286 e. The molecule has 15 heavy (non-hydrogen) atoms. The molecule has 86 valence electrons. The van der Waals surface area contributed by atoms with Crippen molar-refractivity contribution >= 4 is 39.9 Å². The maximum absolute atomic E-state index is 5.74. The summed E-state index contributed by atoms with van der Waals surface area (Å²) in [5, 5.41) is 0. The normalized spacial score (nSPS) is 12.3. The van der Waals surface area contributed by atoms with Crippen molar-refractivity contribution in [2.45, 2.75) is 11.9 Å². The van der Waals surface area contributed by atoms with E-state index in [0.717, 1.165) is 13.1 Å². The van der Waals surface area contributed by atoms with E-state index in [-0.39, 0.29) is 17.4 Å². The molecule has 0 fully saturated rings. The van der Waals surface area contributed by atoms with Crippen LogP contribution in [0.4, 0.5) is 0 Å². The van der Waals surface area contributed by atoms with Crippen LogP contribution in [0.1, 0.15) is 17.4 Å². The van der Waals surface area contributed by atoms with Gasteiger partial charge in [-0.25, -0.2) is 0 Å². The Hall–Kier alpha value is 0.240. The van der Waals surface area contributed by atoms with Crippen molar-refractivity contribution in [3.8, 4) is 0 Å². The van der Waals surface area contributed by atoms with E-state index >= 15 is 0 Å². The molecule has 1 aromatic carbocycles. The van der Waals surface area contributed by atoms with Gasteiger partial charge in [0.15, 0.2) is 0 Å². The van der Waals surface area contributed by atoms with Crippen LogP contribution < -0.4 is 0 Å². The van der Waals surface area contributed by atoms with Gasteiger partial charge < -0.3 is 0 Å². The molecule has 1 aromatic rings. The van der Waals surface area contributed by atoms with Crippen LogP contribution in [0.3, 0.4) is 0 Å². The Labute approximate surface area is 111 Å². The van der Waals surface area contributed by atoms with Gasteiger partial charge in [-0.3, -0.25) is 4.90 Å². The molecule has 1 nitrogen and oxygen atoms in total. The molecule has 0 aliphatic carbocycles. The van der Waals surface area contributed by atoms with Crippen molar-refractivity contribution in [2.75, 3.05) is 19.0 Å². The Bertz CT molecular complexity index is 256. The number of hydrogen-bond acceptors (Lipinski definition) is 1. The summed E-state index contributed by atoms with van der Waals surface area (Å²) in [7, 11) is 0. The Morgan fingerprint density at radius 3 is 2.40 bits per heavy atom. The molecule has 0 heterocycles. The van der Waals surface area contributed by atoms with Gasteiger partial charge in [0, 0.05) is 12.4 Å². The highest BCUT2D eigenvalue weighted by atomic mass is 79.9. The van der Waals surface area contributed by atoms with E-state index in [1.807, 2.05) is 6.07 Å². The van der Waals surface area contributed by atoms with Gasteiger partial charge in [-0.2, -0.15) is 0 Å². The van der Waals surface area contributed by atoms with E-state index < -0.39 is 0 Å². The third kappa shape index (κ3) is 4.73. The quantitative estimate of drug-likeness (QED) is 0.585. The Morgan fingerprint density at radius 2 is 1.93 bits per heavy atom. The first-order chi connectivity index (χ1) is 6.79. The minimum atomic E-state index is 0. The molecular formula is C11H16BrCl2N. The van der Waals surface area contributed by atoms with E-state index in [9.17, 15) is 0 Å². The number of rotatable bonds is 5. The highest BCUT2D eigenvalue weighted by Gasteiger charge is 2.14. The van der Waals surface area contributed by atoms with E-state index in [4.69, 9.17) is 11.6 Å². The maximum Gasteiger partial charge on any atom is 0.0911 e. The number of nitrogens with zero attached hydrogens (tertiary/aromatic N) is 1. The van der Waals surface area contributed by atoms with Crippen molar-refractivity contribution in [3.05, 3.63) is 35.9 Å². The minimum absolute atomic E-state index is 0. The van der Waals surface area contributed by atoms with Gasteiger partial charge in [-0.15, -0.1) is 24.0 Å². The first-order valence-corrected chi connectivity index (χ1v) is 6.23. The van der Waals surface area contributed by atoms with Gasteiger partial charge in [0.2, 0.25) is 0 Å². The van der Waals surface area contributed by atoms with Crippen LogP contribution in [0.2, 0.25) is 0 Å². The fraction of sp³-hybridized carbons (Fsp3) is 0.455. The predicted molar refractivity (Wildman–Crippen MR) is 73.3 cm³/mol. The van der Waals surface area contributed by atoms with Crippen LogP contribution in [0.5, 0.6) is 0 Å². The minimum Gasteiger partial charge on any atom is -0.286 e. The molecule has 0 aliphatic heterocycles. The van der Waals surface area contributed by atoms with Crippen molar-refractivity contribution in [3.63, 3.8) is 0 Å². The molecule has 0 saturated heterocycles. The van der Waals surface area contributed by atoms with Crippen molar-refractivity contribution in [2.24, 2.45) is 0 Å². The van der Waals surface area contributed by atoms with Crippen LogP contribution >= 0.6 is 39.9 Å². The summed E-state index contributed by atoms with van der Waals surface area (Å²) in [5.74, 6) is 0.669. The number of hydrogen-bond donors (Lipinski definition) is 0. The van der Waals surface area contributed by atoms with Gasteiger partial charge in [0.05, 0.1) is 4.95 Å². The number of halogens is 3. The van der Waals surface area contributed by atoms with Gasteiger partial charge in [0.1, 0.15) is 0 Å². The summed E-state index contributed by atoms with van der Waals surface area (Å²) in [5.41, 5.74) is 1.28. The molecule has 0 N–H and O–H groups in total. The van der Waals surface area contributed by atoms with Crippen LogP contribution in [0.15, 0.2) is 30.3 Å². The van der Waals surface area contributed by atoms with Gasteiger partial charge in [0.25, 0.3) is 0 Å². The zero-order valence-corrected chi connectivity index (χ0v) is 11.9. The highest BCUT2D eigenvalue weighted by Crippen LogP contribution is 2.26. The standard InChI is InChI=1S/C11H15BrClN.ClH/c1-2-14(9-8-13)11(12)10-6-4-3-5-7-10;/h3-7,11H,2,8-9H2,1H3;1H. The van der Waals surface area contributed by atoms with E-state index in [1.54, 1.807) is 0 Å². The lowest BCUT2D eigenvalue weighted by molar-refractivity contribution is 0.294. The lowest BCUT2D eigenvalue weighted by atomic mass is 10.2. The lowest BCUT2D eigenvalue weighted by Crippen LogP contribution is -2.27. The first kappa shape index (κ1) is 15.2. The monoisotopic (exact) mass is 311 g/mol. The van der Waals surface area contributed by atoms with Gasteiger partial charge >= 0.3 is 0 Å². The molecule has 0 radical (unpaired) electrons. The second-order valence-corrected chi connectivity index (χ2v) is 4.31. The van der Waals surface area contributed by atoms with Crippen molar-refractivity contribution in [1.29, 1.82) is 0 Å². The van der Waals surface area contributed by atoms with Gasteiger partial charge in [-0.05, 0) is 12.1 Å². The molecule has 0 bridgehead atoms. The Morgan fingerprint density at radius 1 is 1.33 bits per heavy atom. The molecule has 0 saturated carbocycles. The zero-order chi connectivity index (χ0) is 10.4. The number of alkyl halides is 2. The molecule has 0 aliphatic rings. The second kappa shape index (κ2) is 8.40. The third-order valence-electron chi connectivity index (χ3n) is 2.17. The third-order valence-corrected chi connectivity index (χ3v) is 3.45. The smallest absolute Gasteiger partial charge is 0.0911 e. The van der Waals surface area contributed by atoms with Gasteiger partial charge in [-0.1, -0.05) is 53.2 Å². The summed E-state index contributed by atoms with van der Waals surface area (Å²) in [6.45, 7) is 4.05.